The maximum atomic E-state index is 13.5. The highest BCUT2D eigenvalue weighted by molar-refractivity contribution is 7.07. The van der Waals surface area contributed by atoms with Gasteiger partial charge in [-0.1, -0.05) is 48.5 Å². The number of hydrogen-bond donors (Lipinski definition) is 1. The van der Waals surface area contributed by atoms with Crippen molar-refractivity contribution < 1.29 is 9.47 Å². The van der Waals surface area contributed by atoms with Crippen LogP contribution < -0.4 is 30.0 Å². The van der Waals surface area contributed by atoms with Crippen molar-refractivity contribution in [3.05, 3.63) is 144 Å². The van der Waals surface area contributed by atoms with Gasteiger partial charge in [-0.25, -0.2) is 0 Å². The monoisotopic (exact) mass is 616 g/mol. The van der Waals surface area contributed by atoms with Crippen LogP contribution in [0.25, 0.3) is 17.5 Å². The molecule has 1 atom stereocenters. The Hall–Kier alpha value is -6.85. The minimum Gasteiger partial charge on any atom is -0.456 e. The molecule has 10 heteroatoms. The van der Waals surface area contributed by atoms with Crippen molar-refractivity contribution in [2.24, 2.45) is 5.73 Å². The Bertz CT molecular complexity index is 2400. The lowest BCUT2D eigenvalue weighted by Gasteiger charge is -2.22. The number of nitriles is 4. The molecule has 0 spiro atoms. The Morgan fingerprint density at radius 1 is 0.696 bits per heavy atom. The number of nitrogens with two attached hydrogens (primary N) is 1. The van der Waals surface area contributed by atoms with Gasteiger partial charge in [0.1, 0.15) is 45.6 Å². The third-order valence-corrected chi connectivity index (χ3v) is 8.36. The lowest BCUT2D eigenvalue weighted by atomic mass is 9.84. The minimum atomic E-state index is -0.797. The molecule has 0 fully saturated rings. The van der Waals surface area contributed by atoms with Gasteiger partial charge in [0.05, 0.1) is 44.9 Å². The molecular formula is C36H20N6O3S. The van der Waals surface area contributed by atoms with Crippen LogP contribution in [0.2, 0.25) is 0 Å². The predicted molar refractivity (Wildman–Crippen MR) is 172 cm³/mol. The summed E-state index contributed by atoms with van der Waals surface area (Å²) in [5.41, 5.74) is 8.39. The lowest BCUT2D eigenvalue weighted by molar-refractivity contribution is 0.480. The van der Waals surface area contributed by atoms with Crippen molar-refractivity contribution in [1.29, 1.82) is 21.0 Å². The molecular weight excluding hydrogens is 597 g/mol. The van der Waals surface area contributed by atoms with Crippen LogP contribution in [0.3, 0.4) is 0 Å². The fraction of sp³-hybridized carbons (Fsp3) is 0.0278. The number of para-hydroxylation sites is 2. The third kappa shape index (κ3) is 5.36. The van der Waals surface area contributed by atoms with E-state index in [1.165, 1.54) is 4.57 Å². The largest absolute Gasteiger partial charge is 0.456 e. The highest BCUT2D eigenvalue weighted by Gasteiger charge is 2.32. The number of thiazole rings is 1. The van der Waals surface area contributed by atoms with Crippen LogP contribution in [0.5, 0.6) is 23.0 Å². The molecule has 2 heterocycles. The van der Waals surface area contributed by atoms with Crippen molar-refractivity contribution >= 4 is 28.8 Å². The summed E-state index contributed by atoms with van der Waals surface area (Å²) in [6.07, 6.45) is 1.68. The number of rotatable bonds is 6. The van der Waals surface area contributed by atoms with E-state index in [0.29, 0.717) is 54.4 Å². The summed E-state index contributed by atoms with van der Waals surface area (Å²) in [6, 6.07) is 36.1. The third-order valence-electron chi connectivity index (χ3n) is 7.25. The van der Waals surface area contributed by atoms with E-state index < -0.39 is 11.5 Å². The van der Waals surface area contributed by atoms with Gasteiger partial charge in [0.25, 0.3) is 5.56 Å². The number of ether oxygens (including phenoxy) is 2. The molecule has 0 aliphatic carbocycles. The Kier molecular flexibility index (Phi) is 7.88. The van der Waals surface area contributed by atoms with E-state index in [2.05, 4.69) is 24.3 Å². The quantitative estimate of drug-likeness (QED) is 0.273. The number of nitrogens with zero attached hydrogens (tertiary/aromatic N) is 5. The molecule has 4 aromatic carbocycles. The first-order valence-corrected chi connectivity index (χ1v) is 14.6. The highest BCUT2D eigenvalue weighted by Crippen LogP contribution is 2.37. The zero-order valence-electron chi connectivity index (χ0n) is 23.8. The molecule has 1 aliphatic heterocycles. The number of hydrogen-bond acceptors (Lipinski definition) is 9. The number of benzene rings is 4. The summed E-state index contributed by atoms with van der Waals surface area (Å²) >= 11 is 1.11. The van der Waals surface area contributed by atoms with Gasteiger partial charge in [0.2, 0.25) is 0 Å². The van der Waals surface area contributed by atoms with Crippen LogP contribution >= 0.6 is 11.3 Å². The maximum absolute atomic E-state index is 13.5. The molecule has 9 nitrogen and oxygen atoms in total. The maximum Gasteiger partial charge on any atom is 0.274 e. The Morgan fingerprint density at radius 2 is 1.22 bits per heavy atom. The lowest BCUT2D eigenvalue weighted by Crippen LogP contribution is -2.38. The minimum absolute atomic E-state index is 0.0365. The SMILES string of the molecule is N#CC1=C(N)n2c(s/c(=C\c3ccc(Oc4ccccc4C#N)cc3)c2=O)=C(C#N)[C@H]1c1ccc(Oc2ccccc2C#N)cc1. The van der Waals surface area contributed by atoms with Gasteiger partial charge in [-0.15, -0.1) is 11.3 Å². The van der Waals surface area contributed by atoms with Gasteiger partial charge in [0, 0.05) is 0 Å². The molecule has 1 aromatic heterocycles. The summed E-state index contributed by atoms with van der Waals surface area (Å²) in [5, 5.41) is 39.1. The van der Waals surface area contributed by atoms with Gasteiger partial charge < -0.3 is 15.2 Å². The van der Waals surface area contributed by atoms with E-state index in [1.54, 1.807) is 103 Å². The standard InChI is InChI=1S/C36H20N6O3S/c37-18-24-5-1-3-7-30(24)44-26-13-9-22(10-14-26)17-32-35(43)42-34(41)28(20-39)33(29(21-40)36(42)46-32)23-11-15-27(16-12-23)45-31-8-4-2-6-25(31)19-38/h1-17,33H,41H2/b32-17-/t33-/m0/s1. The first-order valence-electron chi connectivity index (χ1n) is 13.8. The van der Waals surface area contributed by atoms with Crippen LogP contribution in [0.15, 0.2) is 107 Å². The van der Waals surface area contributed by atoms with Crippen molar-refractivity contribution in [2.45, 2.75) is 5.92 Å². The zero-order chi connectivity index (χ0) is 32.2. The summed E-state index contributed by atoms with van der Waals surface area (Å²) < 4.78 is 13.6. The molecule has 0 radical (unpaired) electrons. The van der Waals surface area contributed by atoms with Crippen LogP contribution in [0, 0.1) is 45.3 Å². The van der Waals surface area contributed by atoms with E-state index >= 15 is 0 Å². The smallest absolute Gasteiger partial charge is 0.274 e. The van der Waals surface area contributed by atoms with Crippen LogP contribution in [0.1, 0.15) is 28.2 Å². The second kappa shape index (κ2) is 12.4. The zero-order valence-corrected chi connectivity index (χ0v) is 24.7. The van der Waals surface area contributed by atoms with E-state index in [0.717, 1.165) is 11.3 Å². The topological polar surface area (TPSA) is 162 Å². The van der Waals surface area contributed by atoms with Gasteiger partial charge in [-0.3, -0.25) is 9.36 Å². The van der Waals surface area contributed by atoms with E-state index in [1.807, 2.05) is 0 Å². The fourth-order valence-corrected chi connectivity index (χ4v) is 6.17. The molecule has 2 N–H and O–H groups in total. The highest BCUT2D eigenvalue weighted by atomic mass is 32.1. The Balaban J connectivity index is 1.36. The Morgan fingerprint density at radius 3 is 1.74 bits per heavy atom. The Labute approximate surface area is 266 Å². The van der Waals surface area contributed by atoms with E-state index in [4.69, 9.17) is 15.2 Å². The molecule has 218 valence electrons. The number of aromatic nitrogens is 1. The summed E-state index contributed by atoms with van der Waals surface area (Å²) in [4.78, 5) is 13.5. The average molecular weight is 617 g/mol. The molecule has 1 aliphatic rings. The summed E-state index contributed by atoms with van der Waals surface area (Å²) in [5.74, 6) is 0.981. The summed E-state index contributed by atoms with van der Waals surface area (Å²) in [6.45, 7) is 0. The van der Waals surface area contributed by atoms with Crippen molar-refractivity contribution in [3.8, 4) is 47.3 Å². The average Bonchev–Trinajstić information content (AvgIpc) is 3.41. The first kappa shape index (κ1) is 29.2. The van der Waals surface area contributed by atoms with Gasteiger partial charge >= 0.3 is 0 Å². The van der Waals surface area contributed by atoms with E-state index in [9.17, 15) is 25.8 Å². The van der Waals surface area contributed by atoms with Gasteiger partial charge in [0.15, 0.2) is 0 Å². The van der Waals surface area contributed by atoms with Crippen molar-refractivity contribution in [3.63, 3.8) is 0 Å². The van der Waals surface area contributed by atoms with Crippen LogP contribution in [0.4, 0.5) is 0 Å². The molecule has 0 unspecified atom stereocenters. The molecule has 0 bridgehead atoms. The molecule has 46 heavy (non-hydrogen) atoms. The molecule has 6 rings (SSSR count). The van der Waals surface area contributed by atoms with Gasteiger partial charge in [-0.05, 0) is 65.7 Å². The van der Waals surface area contributed by atoms with E-state index in [-0.39, 0.29) is 17.0 Å². The second-order valence-corrected chi connectivity index (χ2v) is 11.0. The normalized spacial score (nSPS) is 14.0. The molecule has 0 saturated carbocycles. The predicted octanol–water partition coefficient (Wildman–Crippen LogP) is 5.19. The molecule has 0 saturated heterocycles. The van der Waals surface area contributed by atoms with Crippen LogP contribution in [-0.4, -0.2) is 4.57 Å². The number of allylic oxidation sites excluding steroid dienone is 1. The first-order chi connectivity index (χ1) is 22.4. The van der Waals surface area contributed by atoms with Crippen molar-refractivity contribution in [1.82, 2.24) is 4.57 Å². The van der Waals surface area contributed by atoms with Gasteiger partial charge in [-0.2, -0.15) is 21.0 Å². The second-order valence-electron chi connectivity index (χ2n) is 9.98. The fourth-order valence-electron chi connectivity index (χ4n) is 5.05. The summed E-state index contributed by atoms with van der Waals surface area (Å²) in [7, 11) is 0. The molecule has 0 amide bonds. The van der Waals surface area contributed by atoms with Crippen molar-refractivity contribution in [2.75, 3.05) is 0 Å². The molecule has 5 aromatic rings. The van der Waals surface area contributed by atoms with Crippen LogP contribution in [-0.2, 0) is 0 Å². The number of fused-ring (bicyclic) bond motifs is 1.